The molecular weight excluding hydrogens is 352 g/mol. The Balaban J connectivity index is 1.46. The number of ether oxygens (including phenoxy) is 1. The predicted molar refractivity (Wildman–Crippen MR) is 98.9 cm³/mol. The smallest absolute Gasteiger partial charge is 0.261 e. The maximum Gasteiger partial charge on any atom is 0.261 e. The van der Waals surface area contributed by atoms with Gasteiger partial charge in [-0.15, -0.1) is 11.3 Å². The lowest BCUT2D eigenvalue weighted by Gasteiger charge is -2.28. The number of amides is 2. The van der Waals surface area contributed by atoms with Gasteiger partial charge in [-0.3, -0.25) is 14.4 Å². The van der Waals surface area contributed by atoms with Gasteiger partial charge in [-0.1, -0.05) is 13.0 Å². The summed E-state index contributed by atoms with van der Waals surface area (Å²) in [6.45, 7) is 2.91. The van der Waals surface area contributed by atoms with E-state index in [0.717, 1.165) is 30.6 Å². The molecule has 2 aliphatic rings. The molecule has 1 aliphatic carbocycles. The molecule has 6 nitrogen and oxygen atoms in total. The standard InChI is InChI=1S/C19H26N2O4S/c1-19(7-8-20-17(23)15-4-3-9-26-15)6-5-13(11-19)18(24)21(2)16-10-14(22)12-25-16/h3-4,9,13,16H,5-8,10-12H2,1-2H3,(H,20,23)/t13-,16-,19+/m0/s1. The monoisotopic (exact) mass is 378 g/mol. The van der Waals surface area contributed by atoms with Crippen molar-refractivity contribution in [3.63, 3.8) is 0 Å². The van der Waals surface area contributed by atoms with Crippen LogP contribution in [0.3, 0.4) is 0 Å². The molecule has 0 unspecified atom stereocenters. The fraction of sp³-hybridized carbons (Fsp3) is 0.632. The number of ketones is 1. The molecule has 0 radical (unpaired) electrons. The summed E-state index contributed by atoms with van der Waals surface area (Å²) >= 11 is 1.43. The van der Waals surface area contributed by atoms with E-state index in [1.54, 1.807) is 11.9 Å². The van der Waals surface area contributed by atoms with Crippen LogP contribution in [0, 0.1) is 11.3 Å². The van der Waals surface area contributed by atoms with Gasteiger partial charge in [0.1, 0.15) is 12.8 Å². The quantitative estimate of drug-likeness (QED) is 0.825. The summed E-state index contributed by atoms with van der Waals surface area (Å²) in [7, 11) is 1.72. The van der Waals surface area contributed by atoms with Gasteiger partial charge < -0.3 is 15.0 Å². The minimum Gasteiger partial charge on any atom is -0.351 e. The van der Waals surface area contributed by atoms with E-state index in [1.165, 1.54) is 11.3 Å². The number of hydrogen-bond donors (Lipinski definition) is 1. The number of nitrogens with zero attached hydrogens (tertiary/aromatic N) is 1. The third kappa shape index (κ3) is 4.32. The van der Waals surface area contributed by atoms with E-state index in [0.29, 0.717) is 13.0 Å². The highest BCUT2D eigenvalue weighted by atomic mass is 32.1. The number of rotatable bonds is 6. The normalized spacial score (nSPS) is 28.3. The molecule has 3 atom stereocenters. The SMILES string of the molecule is CN(C(=O)[C@H]1CC[C@](C)(CCNC(=O)c2cccs2)C1)[C@@H]1CC(=O)CO1. The van der Waals surface area contributed by atoms with Gasteiger partial charge in [0, 0.05) is 19.5 Å². The van der Waals surface area contributed by atoms with Crippen molar-refractivity contribution in [1.82, 2.24) is 10.2 Å². The second-order valence-electron chi connectivity index (χ2n) is 7.69. The van der Waals surface area contributed by atoms with Crippen molar-refractivity contribution < 1.29 is 19.1 Å². The van der Waals surface area contributed by atoms with E-state index in [9.17, 15) is 14.4 Å². The van der Waals surface area contributed by atoms with Crippen molar-refractivity contribution >= 4 is 28.9 Å². The van der Waals surface area contributed by atoms with Gasteiger partial charge in [0.15, 0.2) is 5.78 Å². The molecule has 1 aliphatic heterocycles. The molecule has 1 aromatic heterocycles. The molecule has 1 saturated carbocycles. The Labute approximate surface area is 157 Å². The van der Waals surface area contributed by atoms with Gasteiger partial charge in [-0.25, -0.2) is 0 Å². The minimum atomic E-state index is -0.410. The van der Waals surface area contributed by atoms with E-state index in [1.807, 2.05) is 17.5 Å². The molecule has 26 heavy (non-hydrogen) atoms. The van der Waals surface area contributed by atoms with E-state index in [4.69, 9.17) is 4.74 Å². The minimum absolute atomic E-state index is 0.0303. The van der Waals surface area contributed by atoms with E-state index >= 15 is 0 Å². The lowest BCUT2D eigenvalue weighted by molar-refractivity contribution is -0.144. The Bertz CT molecular complexity index is 675. The largest absolute Gasteiger partial charge is 0.351 e. The zero-order valence-corrected chi connectivity index (χ0v) is 16.1. The van der Waals surface area contributed by atoms with Crippen molar-refractivity contribution in [2.45, 2.75) is 45.3 Å². The lowest BCUT2D eigenvalue weighted by Crippen LogP contribution is -2.40. The molecule has 2 amide bonds. The maximum absolute atomic E-state index is 12.7. The van der Waals surface area contributed by atoms with E-state index < -0.39 is 6.23 Å². The molecule has 3 rings (SSSR count). The molecule has 142 valence electrons. The lowest BCUT2D eigenvalue weighted by atomic mass is 9.84. The van der Waals surface area contributed by atoms with Gasteiger partial charge in [0.2, 0.25) is 5.91 Å². The average Bonchev–Trinajstić information content (AvgIpc) is 3.34. The van der Waals surface area contributed by atoms with Crippen LogP contribution in [-0.2, 0) is 14.3 Å². The average molecular weight is 378 g/mol. The van der Waals surface area contributed by atoms with Gasteiger partial charge in [0.05, 0.1) is 11.3 Å². The molecular formula is C19H26N2O4S. The predicted octanol–water partition coefficient (Wildman–Crippen LogP) is 2.45. The zero-order valence-electron chi connectivity index (χ0n) is 15.3. The molecule has 0 aromatic carbocycles. The van der Waals surface area contributed by atoms with Crippen LogP contribution in [-0.4, -0.2) is 48.9 Å². The Kier molecular flexibility index (Phi) is 5.77. The summed E-state index contributed by atoms with van der Waals surface area (Å²) < 4.78 is 5.40. The third-order valence-electron chi connectivity index (χ3n) is 5.56. The first-order valence-electron chi connectivity index (χ1n) is 9.10. The van der Waals surface area contributed by atoms with Crippen LogP contribution in [0.2, 0.25) is 0 Å². The van der Waals surface area contributed by atoms with Gasteiger partial charge in [-0.05, 0) is 42.5 Å². The zero-order chi connectivity index (χ0) is 18.7. The van der Waals surface area contributed by atoms with Crippen LogP contribution in [0.1, 0.15) is 48.7 Å². The number of carbonyl (C=O) groups excluding carboxylic acids is 3. The Hall–Kier alpha value is -1.73. The third-order valence-corrected chi connectivity index (χ3v) is 6.43. The Morgan fingerprint density at radius 3 is 2.92 bits per heavy atom. The number of thiophene rings is 1. The van der Waals surface area contributed by atoms with Gasteiger partial charge in [0.25, 0.3) is 5.91 Å². The van der Waals surface area contributed by atoms with Gasteiger partial charge >= 0.3 is 0 Å². The summed E-state index contributed by atoms with van der Waals surface area (Å²) in [5.41, 5.74) is 0.0518. The fourth-order valence-corrected chi connectivity index (χ4v) is 4.55. The highest BCUT2D eigenvalue weighted by molar-refractivity contribution is 7.12. The molecule has 2 fully saturated rings. The maximum atomic E-state index is 12.7. The second-order valence-corrected chi connectivity index (χ2v) is 8.64. The Morgan fingerprint density at radius 2 is 2.27 bits per heavy atom. The van der Waals surface area contributed by atoms with Crippen molar-refractivity contribution in [1.29, 1.82) is 0 Å². The first-order valence-corrected chi connectivity index (χ1v) is 9.98. The first kappa shape index (κ1) is 19.0. The number of Topliss-reactive ketones (excluding diaryl/α,β-unsaturated/α-hetero) is 1. The molecule has 2 heterocycles. The molecule has 1 aromatic rings. The number of carbonyl (C=O) groups is 3. The van der Waals surface area contributed by atoms with Crippen molar-refractivity contribution in [2.24, 2.45) is 11.3 Å². The van der Waals surface area contributed by atoms with Crippen LogP contribution >= 0.6 is 11.3 Å². The summed E-state index contributed by atoms with van der Waals surface area (Å²) in [4.78, 5) is 38.4. The second kappa shape index (κ2) is 7.88. The van der Waals surface area contributed by atoms with Crippen molar-refractivity contribution in [2.75, 3.05) is 20.2 Å². The molecule has 0 bridgehead atoms. The number of hydrogen-bond acceptors (Lipinski definition) is 5. The summed E-state index contributed by atoms with van der Waals surface area (Å²) in [5.74, 6) is 0.0535. The van der Waals surface area contributed by atoms with Crippen LogP contribution in [0.25, 0.3) is 0 Å². The van der Waals surface area contributed by atoms with E-state index in [2.05, 4.69) is 12.2 Å². The molecule has 1 N–H and O–H groups in total. The van der Waals surface area contributed by atoms with Crippen molar-refractivity contribution in [3.05, 3.63) is 22.4 Å². The van der Waals surface area contributed by atoms with Crippen LogP contribution in [0.15, 0.2) is 17.5 Å². The topological polar surface area (TPSA) is 75.7 Å². The summed E-state index contributed by atoms with van der Waals surface area (Å²) in [6.07, 6.45) is 3.37. The van der Waals surface area contributed by atoms with Gasteiger partial charge in [-0.2, -0.15) is 0 Å². The highest BCUT2D eigenvalue weighted by Gasteiger charge is 2.41. The van der Waals surface area contributed by atoms with Crippen molar-refractivity contribution in [3.8, 4) is 0 Å². The first-order chi connectivity index (χ1) is 12.4. The summed E-state index contributed by atoms with van der Waals surface area (Å²) in [6, 6.07) is 3.68. The highest BCUT2D eigenvalue weighted by Crippen LogP contribution is 2.44. The van der Waals surface area contributed by atoms with Crippen LogP contribution in [0.4, 0.5) is 0 Å². The molecule has 1 saturated heterocycles. The van der Waals surface area contributed by atoms with Crippen LogP contribution < -0.4 is 5.32 Å². The molecule has 0 spiro atoms. The number of nitrogens with one attached hydrogen (secondary N) is 1. The van der Waals surface area contributed by atoms with Crippen LogP contribution in [0.5, 0.6) is 0 Å². The fourth-order valence-electron chi connectivity index (χ4n) is 3.91. The Morgan fingerprint density at radius 1 is 1.46 bits per heavy atom. The van der Waals surface area contributed by atoms with E-state index in [-0.39, 0.29) is 35.5 Å². The summed E-state index contributed by atoms with van der Waals surface area (Å²) in [5, 5.41) is 4.86. The molecule has 7 heteroatoms.